The molecule has 0 saturated carbocycles. The van der Waals surface area contributed by atoms with Crippen LogP contribution >= 0.6 is 11.3 Å². The minimum absolute atomic E-state index is 0. The summed E-state index contributed by atoms with van der Waals surface area (Å²) in [6, 6.07) is 94.4. The Balaban J connectivity index is 0.000000131. The number of pyridine rings is 3. The predicted molar refractivity (Wildman–Crippen MR) is 367 cm³/mol. The molecule has 0 aliphatic carbocycles. The van der Waals surface area contributed by atoms with Crippen LogP contribution in [-0.2, 0) is 60.9 Å². The minimum atomic E-state index is 0. The fourth-order valence-electron chi connectivity index (χ4n) is 11.2. The van der Waals surface area contributed by atoms with E-state index in [0.717, 1.165) is 5.69 Å². The normalized spacial score (nSPS) is 10.5. The van der Waals surface area contributed by atoms with Gasteiger partial charge in [-0.15, -0.1) is 18.2 Å². The molecule has 0 fully saturated rings. The van der Waals surface area contributed by atoms with Crippen LogP contribution in [0.25, 0.3) is 86.9 Å². The van der Waals surface area contributed by atoms with E-state index >= 15 is 0 Å². The summed E-state index contributed by atoms with van der Waals surface area (Å²) in [5, 5.41) is 9.06. The summed E-state index contributed by atoms with van der Waals surface area (Å²) in [7, 11) is 10.5. The van der Waals surface area contributed by atoms with Gasteiger partial charge in [0.2, 0.25) is 22.6 Å². The number of para-hydroxylation sites is 2. The third-order valence-electron chi connectivity index (χ3n) is 16.0. The smallest absolute Gasteiger partial charge is 0.270 e. The number of hydrogen-bond donors (Lipinski definition) is 0. The number of benzene rings is 10. The average molecular weight is 1240 g/mol. The van der Waals surface area contributed by atoms with Crippen molar-refractivity contribution in [3.63, 3.8) is 0 Å². The first-order valence-corrected chi connectivity index (χ1v) is 30.5. The molecular weight excluding hydrogens is 1160 g/mol. The fourth-order valence-corrected chi connectivity index (χ4v) is 12.4. The standard InChI is InChI=1S/3C17H16N.C15H14NS.C15H15N.Y/c1-13-7-3-6-10-16(13)17-11-14-8-4-5-9-15(14)12-18(17)2;2*1-13-7-3-5-9-15(13)17-16-10-6-4-8-14(16)11-12-18(17)2;1-11-7-3-4-8-12(11)15-16(2)13-9-5-6-10-14(13)17-15;1-13-8-6-7-9-14(13)12-16(2)15-10-4-3-5-11-15;/h3*3-12H,1-2H3;3-10H,1-2H3;3-10,12H,1-2H3;/q4*+1;-2;. The minimum Gasteiger partial charge on any atom is -0.424 e. The first kappa shape index (κ1) is 63.6. The maximum atomic E-state index is 3.20. The van der Waals surface area contributed by atoms with Crippen molar-refractivity contribution >= 4 is 59.6 Å². The molecule has 0 saturated heterocycles. The van der Waals surface area contributed by atoms with E-state index in [0.29, 0.717) is 0 Å². The van der Waals surface area contributed by atoms with Crippen LogP contribution in [0.15, 0.2) is 279 Å². The molecule has 0 aliphatic rings. The van der Waals surface area contributed by atoms with Gasteiger partial charge in [-0.05, 0) is 122 Å². The molecule has 4 heterocycles. The van der Waals surface area contributed by atoms with Gasteiger partial charge >= 0.3 is 0 Å². The van der Waals surface area contributed by atoms with Crippen LogP contribution in [0, 0.1) is 47.2 Å². The average Bonchev–Trinajstić information content (AvgIpc) is 3.07. The van der Waals surface area contributed by atoms with E-state index in [4.69, 9.17) is 0 Å². The summed E-state index contributed by atoms with van der Waals surface area (Å²) in [5.74, 6) is 0. The van der Waals surface area contributed by atoms with E-state index in [1.54, 1.807) is 0 Å². The Morgan fingerprint density at radius 3 is 1.34 bits per heavy atom. The van der Waals surface area contributed by atoms with Gasteiger partial charge in [-0.25, -0.2) is 13.7 Å². The SMILES string of the molecule is Cc1ccccc1-c1c2ccccc2cc[n+]1C.Cc1ccccc1-c1c2ccccc2cc[n+]1C.Cc1ccccc1-c1cc2ccccc2c[n+]1C.Cc1ccccc1-c1sc2ccccc2[n+]1C.Cc1ccccc1[CH-]N(C)c1[c-]cccc1.[Y]. The van der Waals surface area contributed by atoms with Gasteiger partial charge in [0.05, 0.1) is 16.3 Å². The van der Waals surface area contributed by atoms with Crippen molar-refractivity contribution in [1.82, 2.24) is 0 Å². The molecule has 4 aromatic heterocycles. The molecule has 14 aromatic rings. The van der Waals surface area contributed by atoms with Crippen LogP contribution in [-0.4, -0.2) is 7.05 Å². The number of aromatic nitrogens is 4. The summed E-state index contributed by atoms with van der Waals surface area (Å²) >= 11 is 1.85. The number of hydrogen-bond acceptors (Lipinski definition) is 2. The quantitative estimate of drug-likeness (QED) is 0.115. The molecular formula is C81H77N5SY+2. The van der Waals surface area contributed by atoms with Gasteiger partial charge < -0.3 is 4.90 Å². The molecule has 0 N–H and O–H groups in total. The van der Waals surface area contributed by atoms with Gasteiger partial charge in [0, 0.05) is 79.1 Å². The topological polar surface area (TPSA) is 18.8 Å². The summed E-state index contributed by atoms with van der Waals surface area (Å²) < 4.78 is 10.2. The molecule has 1 radical (unpaired) electrons. The van der Waals surface area contributed by atoms with Crippen LogP contribution in [0.1, 0.15) is 33.4 Å². The molecule has 10 aromatic carbocycles. The van der Waals surface area contributed by atoms with E-state index in [9.17, 15) is 0 Å². The zero-order valence-corrected chi connectivity index (χ0v) is 56.0. The van der Waals surface area contributed by atoms with Crippen molar-refractivity contribution in [2.75, 3.05) is 11.9 Å². The number of rotatable bonds is 7. The van der Waals surface area contributed by atoms with E-state index in [1.807, 2.05) is 36.6 Å². The van der Waals surface area contributed by atoms with Crippen molar-refractivity contribution in [2.45, 2.75) is 34.6 Å². The van der Waals surface area contributed by atoms with Gasteiger partial charge in [-0.1, -0.05) is 176 Å². The van der Waals surface area contributed by atoms with Gasteiger partial charge in [-0.3, -0.25) is 0 Å². The van der Waals surface area contributed by atoms with E-state index in [1.165, 1.54) is 120 Å². The molecule has 0 amide bonds. The Morgan fingerprint density at radius 1 is 0.398 bits per heavy atom. The Bertz CT molecular complexity index is 4510. The molecule has 14 rings (SSSR count). The Kier molecular flexibility index (Phi) is 21.8. The maximum absolute atomic E-state index is 3.20. The second-order valence-electron chi connectivity index (χ2n) is 22.2. The molecule has 0 spiro atoms. The van der Waals surface area contributed by atoms with E-state index in [-0.39, 0.29) is 32.7 Å². The maximum Gasteiger partial charge on any atom is 0.270 e. The predicted octanol–water partition coefficient (Wildman–Crippen LogP) is 18.1. The first-order chi connectivity index (χ1) is 42.3. The van der Waals surface area contributed by atoms with Crippen molar-refractivity contribution in [3.05, 3.63) is 325 Å². The molecule has 88 heavy (non-hydrogen) atoms. The van der Waals surface area contributed by atoms with E-state index in [2.05, 4.69) is 360 Å². The largest absolute Gasteiger partial charge is 0.424 e. The van der Waals surface area contributed by atoms with E-state index < -0.39 is 0 Å². The summed E-state index contributed by atoms with van der Waals surface area (Å²) in [5.41, 5.74) is 19.2. The van der Waals surface area contributed by atoms with Crippen molar-refractivity contribution in [2.24, 2.45) is 28.2 Å². The molecule has 5 nitrogen and oxygen atoms in total. The Labute approximate surface area is 550 Å². The first-order valence-electron chi connectivity index (χ1n) is 29.7. The molecule has 0 unspecified atom stereocenters. The number of anilines is 1. The van der Waals surface area contributed by atoms with Crippen LogP contribution < -0.4 is 23.2 Å². The summed E-state index contributed by atoms with van der Waals surface area (Å²) in [6.45, 7) is 12.9. The Hall–Kier alpha value is -8.91. The van der Waals surface area contributed by atoms with Crippen LogP contribution in [0.2, 0.25) is 0 Å². The molecule has 433 valence electrons. The van der Waals surface area contributed by atoms with Gasteiger partial charge in [-0.2, -0.15) is 46.0 Å². The van der Waals surface area contributed by atoms with Gasteiger partial charge in [0.15, 0.2) is 18.6 Å². The Morgan fingerprint density at radius 2 is 0.830 bits per heavy atom. The second kappa shape index (κ2) is 30.1. The van der Waals surface area contributed by atoms with Crippen molar-refractivity contribution in [3.8, 4) is 44.3 Å². The monoisotopic (exact) mass is 1240 g/mol. The van der Waals surface area contributed by atoms with Gasteiger partial charge in [0.1, 0.15) is 32.9 Å². The molecule has 0 bridgehead atoms. The second-order valence-corrected chi connectivity index (χ2v) is 23.2. The molecule has 0 aliphatic heterocycles. The third-order valence-corrected chi connectivity index (χ3v) is 17.3. The van der Waals surface area contributed by atoms with Crippen LogP contribution in [0.4, 0.5) is 5.69 Å². The van der Waals surface area contributed by atoms with Gasteiger partial charge in [0.25, 0.3) is 5.01 Å². The third kappa shape index (κ3) is 15.1. The fraction of sp³-hybridized carbons (Fsp3) is 0.123. The summed E-state index contributed by atoms with van der Waals surface area (Å²) in [4.78, 5) is 2.09. The number of aryl methyl sites for hydroxylation is 9. The van der Waals surface area contributed by atoms with Crippen molar-refractivity contribution in [1.29, 1.82) is 0 Å². The van der Waals surface area contributed by atoms with Crippen molar-refractivity contribution < 1.29 is 51.0 Å². The number of thiazole rings is 1. The number of nitrogens with zero attached hydrogens (tertiary/aromatic N) is 5. The molecule has 7 heteroatoms. The zero-order valence-electron chi connectivity index (χ0n) is 52.4. The van der Waals surface area contributed by atoms with Crippen LogP contribution in [0.3, 0.4) is 0 Å². The molecule has 0 atom stereocenters. The number of fused-ring (bicyclic) bond motifs is 4. The zero-order chi connectivity index (χ0) is 60.8. The summed E-state index contributed by atoms with van der Waals surface area (Å²) in [6.07, 6.45) is 6.45. The van der Waals surface area contributed by atoms with Crippen LogP contribution in [0.5, 0.6) is 0 Å².